The number of aryl methyl sites for hydroxylation is 2. The number of phenols is 2. The van der Waals surface area contributed by atoms with Crippen molar-refractivity contribution in [2.24, 2.45) is 58.2 Å². The van der Waals surface area contributed by atoms with Gasteiger partial charge in [0.25, 0.3) is 0 Å². The topological polar surface area (TPSA) is 261 Å². The Bertz CT molecular complexity index is 4180. The Morgan fingerprint density at radius 2 is 1.76 bits per heavy atom. The molecule has 2 saturated heterocycles. The Hall–Kier alpha value is -6.54. The van der Waals surface area contributed by atoms with Crippen LogP contribution in [0.2, 0.25) is 0 Å². The van der Waals surface area contributed by atoms with E-state index in [1.54, 1.807) is 25.1 Å². The van der Waals surface area contributed by atoms with Crippen molar-refractivity contribution in [3.8, 4) is 22.9 Å². The highest BCUT2D eigenvalue weighted by atomic mass is 17.2. The maximum Gasteiger partial charge on any atom is 0.226 e. The number of ether oxygens (including phenoxy) is 1. The number of hydrogen-bond donors (Lipinski definition) is 10. The van der Waals surface area contributed by atoms with E-state index in [1.807, 2.05) is 12.1 Å². The van der Waals surface area contributed by atoms with E-state index in [0.717, 1.165) is 92.1 Å². The van der Waals surface area contributed by atoms with Crippen LogP contribution in [0.25, 0.3) is 38.3 Å². The molecule has 6 aromatic rings. The smallest absolute Gasteiger partial charge is 0.226 e. The minimum absolute atomic E-state index is 0.0617. The van der Waals surface area contributed by atoms with Crippen molar-refractivity contribution < 1.29 is 59.5 Å². The molecule has 12 heterocycles. The van der Waals surface area contributed by atoms with E-state index in [9.17, 15) is 40.5 Å². The molecule has 0 unspecified atom stereocenters. The summed E-state index contributed by atoms with van der Waals surface area (Å²) in [5, 5.41) is 92.1. The summed E-state index contributed by atoms with van der Waals surface area (Å²) in [6.07, 6.45) is 19.5. The molecule has 3 saturated carbocycles. The van der Waals surface area contributed by atoms with Gasteiger partial charge in [0.15, 0.2) is 22.4 Å². The van der Waals surface area contributed by atoms with Gasteiger partial charge in [0.2, 0.25) is 5.91 Å². The van der Waals surface area contributed by atoms with Crippen LogP contribution in [0, 0.1) is 65.1 Å². The van der Waals surface area contributed by atoms with Gasteiger partial charge < -0.3 is 65.1 Å². The summed E-state index contributed by atoms with van der Waals surface area (Å²) in [7, 11) is 0. The number of aromatic amines is 1. The first kappa shape index (κ1) is 57.4. The van der Waals surface area contributed by atoms with Gasteiger partial charge in [-0.1, -0.05) is 69.2 Å². The predicted molar refractivity (Wildman–Crippen MR) is 336 cm³/mol. The Labute approximate surface area is 521 Å². The van der Waals surface area contributed by atoms with Gasteiger partial charge >= 0.3 is 0 Å². The first-order valence-corrected chi connectivity index (χ1v) is 33.4. The first-order valence-electron chi connectivity index (χ1n) is 33.4. The van der Waals surface area contributed by atoms with Gasteiger partial charge in [0.05, 0.1) is 28.5 Å². The summed E-state index contributed by atoms with van der Waals surface area (Å²) in [6, 6.07) is 13.3. The van der Waals surface area contributed by atoms with Crippen LogP contribution in [0.15, 0.2) is 112 Å². The zero-order valence-electron chi connectivity index (χ0n) is 51.2. The molecule has 17 nitrogen and oxygen atoms in total. The average Bonchev–Trinajstić information content (AvgIpc) is 0.939. The van der Waals surface area contributed by atoms with Crippen molar-refractivity contribution in [1.29, 1.82) is 0 Å². The number of aliphatic hydroxyl groups is 5. The van der Waals surface area contributed by atoms with E-state index in [4.69, 9.17) is 18.9 Å². The summed E-state index contributed by atoms with van der Waals surface area (Å²) in [5.74, 6) is 1.22. The summed E-state index contributed by atoms with van der Waals surface area (Å²) in [5.41, 5.74) is 0.0643. The van der Waals surface area contributed by atoms with E-state index in [-0.39, 0.29) is 64.4 Å². The van der Waals surface area contributed by atoms with Crippen molar-refractivity contribution in [2.45, 2.75) is 170 Å². The van der Waals surface area contributed by atoms with Crippen molar-refractivity contribution in [3.05, 3.63) is 141 Å². The zero-order chi connectivity index (χ0) is 61.7. The number of carbonyl (C=O) groups is 1. The predicted octanol–water partition coefficient (Wildman–Crippen LogP) is 8.75. The SMILES string of the molecule is CCc1c2cc3[nH]c2cn1-c1c2c(cc4c(=O)cc(C)oc14)C[C@H]1OO[C@@H]([C@@](O)(Cc4ccc(O)c5ccc(O)cc45)[C@@H](O)[C@H](O)[C@H](O)CO)/C=C\C4=C[C@H]5[C@H](C=C[C@@H]([C@]46N[C@H]4C[C@@H](CC)[C@H]7CC[C@@H]6C[C@H]74)[C@]15O2)[C@@H]1CNC(=O)[C@@]12CCC[C@@]1(C=C[C@H]3CC1)C2. The molecule has 10 N–H and O–H groups in total. The fourth-order valence-electron chi connectivity index (χ4n) is 21.3. The van der Waals surface area contributed by atoms with Crippen LogP contribution in [0.4, 0.5) is 0 Å². The Kier molecular flexibility index (Phi) is 12.9. The number of benzene rings is 3. The normalized spacial score (nSPS) is 37.8. The third kappa shape index (κ3) is 7.83. The van der Waals surface area contributed by atoms with Crippen LogP contribution in [0.5, 0.6) is 17.2 Å². The number of H-pyrrole nitrogens is 1. The standard InChI is InChI=1S/C73H82N4O13/c1-4-37-25-54-48-27-41(8-11-44(37)48)72(76-54)42-9-16-61(71(86,67(84)64(83)59(82)34-78)31-39-7-14-57(80)45-12-10-43(79)29-47(39)45)89-90-62-26-40-24-50-58(81)23-36(3)87-66(50)63-65(40)88-73(62)51(28-42)46(13-15-60(72)73)52-32-74-68(85)70(52)20-6-19-69(35-70)21-17-38(18-22-69)53-30-49-55(75-53)33-77(63)56(49)5-2/h7,9-10,12-17,21,23-24,28-30,33,37-38,41,44,46,48,51-52,54,59-62,64,67,75-76,78-80,82-84,86H,4-6,8,11,18-20,22,25-27,31-32,34-35H2,1-3H3,(H,74,85)/b16-9-/t37-,38+,41-,44-,46+,48-,51+,52+,54+,59-,60+,61-,62-,64-,67+,69+,70-,71+,72-,73+/m1/s1. The Balaban J connectivity index is 0.947. The van der Waals surface area contributed by atoms with Gasteiger partial charge in [-0.2, -0.15) is 0 Å². The third-order valence-electron chi connectivity index (χ3n) is 25.4. The molecule has 9 aliphatic heterocycles. The molecule has 3 aromatic carbocycles. The van der Waals surface area contributed by atoms with Crippen LogP contribution in [0.1, 0.15) is 119 Å². The molecule has 21 rings (SSSR count). The number of nitrogens with zero attached hydrogens (tertiary/aromatic N) is 1. The molecule has 15 bridgehead atoms. The van der Waals surface area contributed by atoms with Gasteiger partial charge in [-0.15, -0.1) is 0 Å². The highest BCUT2D eigenvalue weighted by Gasteiger charge is 2.73. The van der Waals surface area contributed by atoms with E-state index in [1.165, 1.54) is 24.3 Å². The van der Waals surface area contributed by atoms with E-state index >= 15 is 4.79 Å². The Morgan fingerprint density at radius 1 is 0.889 bits per heavy atom. The summed E-state index contributed by atoms with van der Waals surface area (Å²) in [6.45, 7) is 5.79. The van der Waals surface area contributed by atoms with Gasteiger partial charge in [0, 0.05) is 83.2 Å². The number of aliphatic hydroxyl groups excluding tert-OH is 4. The number of amides is 1. The summed E-state index contributed by atoms with van der Waals surface area (Å²) >= 11 is 0. The molecule has 0 radical (unpaired) electrons. The average molecular weight is 1220 g/mol. The number of fused-ring (bicyclic) bond motifs is 6. The number of piperidine rings is 1. The highest BCUT2D eigenvalue weighted by molar-refractivity contribution is 5.94. The molecular weight excluding hydrogens is 1140 g/mol. The van der Waals surface area contributed by atoms with Gasteiger partial charge in [-0.25, -0.2) is 9.78 Å². The monoisotopic (exact) mass is 1220 g/mol. The molecule has 20 atom stereocenters. The van der Waals surface area contributed by atoms with Crippen LogP contribution in [-0.2, 0) is 33.8 Å². The number of aromatic hydroxyl groups is 2. The van der Waals surface area contributed by atoms with Crippen LogP contribution in [0.3, 0.4) is 0 Å². The largest absolute Gasteiger partial charge is 0.508 e. The lowest BCUT2D eigenvalue weighted by Gasteiger charge is -2.67. The van der Waals surface area contributed by atoms with Gasteiger partial charge in [-0.05, 0) is 171 Å². The second-order valence-corrected chi connectivity index (χ2v) is 29.4. The molecule has 17 heteroatoms. The fourth-order valence-corrected chi connectivity index (χ4v) is 21.3. The fraction of sp³-hybridized carbons (Fsp3) is 0.534. The Morgan fingerprint density at radius 3 is 2.57 bits per heavy atom. The molecule has 90 heavy (non-hydrogen) atoms. The van der Waals surface area contributed by atoms with Crippen molar-refractivity contribution in [3.63, 3.8) is 0 Å². The van der Waals surface area contributed by atoms with Crippen LogP contribution in [-0.4, -0.2) is 118 Å². The van der Waals surface area contributed by atoms with Gasteiger partial charge in [0.1, 0.15) is 59.1 Å². The number of allylic oxidation sites excluding steroid dienone is 3. The lowest BCUT2D eigenvalue weighted by Crippen LogP contribution is -2.78. The summed E-state index contributed by atoms with van der Waals surface area (Å²) in [4.78, 5) is 48.2. The van der Waals surface area contributed by atoms with E-state index in [2.05, 4.69) is 76.7 Å². The molecule has 5 fully saturated rings. The first-order chi connectivity index (χ1) is 43.4. The lowest BCUT2D eigenvalue weighted by molar-refractivity contribution is -0.400. The highest BCUT2D eigenvalue weighted by Crippen LogP contribution is 2.68. The van der Waals surface area contributed by atoms with Crippen molar-refractivity contribution in [2.75, 3.05) is 13.2 Å². The second kappa shape index (κ2) is 20.2. The molecule has 472 valence electrons. The maximum atomic E-state index is 15.3. The number of rotatable bonds is 9. The number of aromatic nitrogens is 2. The number of phenolic OH excluding ortho intramolecular Hbond substituents is 2. The minimum atomic E-state index is -2.60. The van der Waals surface area contributed by atoms with Crippen molar-refractivity contribution in [1.82, 2.24) is 20.2 Å². The molecular formula is C73H82N4O13. The molecule has 15 aliphatic rings. The zero-order valence-corrected chi connectivity index (χ0v) is 51.2. The molecule has 6 aliphatic carbocycles. The minimum Gasteiger partial charge on any atom is -0.508 e. The number of nitrogens with one attached hydrogen (secondary N) is 3. The molecule has 1 amide bonds. The van der Waals surface area contributed by atoms with Crippen molar-refractivity contribution >= 4 is 38.6 Å². The number of carbonyl (C=O) groups excluding carboxylic acids is 1. The van der Waals surface area contributed by atoms with E-state index in [0.29, 0.717) is 87.2 Å². The summed E-state index contributed by atoms with van der Waals surface area (Å²) < 4.78 is 17.6. The quantitative estimate of drug-likeness (QED) is 0.0480. The lowest BCUT2D eigenvalue weighted by atomic mass is 9.44. The molecule has 4 spiro atoms. The van der Waals surface area contributed by atoms with Crippen LogP contribution < -0.4 is 20.8 Å². The number of hydrogen-bond acceptors (Lipinski definition) is 14. The molecule has 3 aromatic heterocycles. The van der Waals surface area contributed by atoms with E-state index < -0.39 is 77.5 Å². The maximum absolute atomic E-state index is 15.3. The van der Waals surface area contributed by atoms with Gasteiger partial charge in [-0.3, -0.25) is 9.59 Å². The third-order valence-corrected chi connectivity index (χ3v) is 25.4. The second-order valence-electron chi connectivity index (χ2n) is 29.4. The van der Waals surface area contributed by atoms with Crippen LogP contribution >= 0.6 is 0 Å².